The fraction of sp³-hybridized carbons (Fsp3) is 0.478. The molecule has 1 aromatic heterocycles. The maximum absolute atomic E-state index is 13.3. The number of nitrogens with two attached hydrogens (primary N) is 1. The number of ether oxygens (including phenoxy) is 1. The lowest BCUT2D eigenvalue weighted by Crippen LogP contribution is -2.64. The molecule has 4 rings (SSSR count). The maximum atomic E-state index is 13.3. The molecule has 0 radical (unpaired) electrons. The standard InChI is InChI=1S/C23H29N5O4/c1-14(2)28-18(10-11-25-28)26-19(29)9-6-12-27-22(31)20(21(24)30)16-13-23(27,3)32-17-8-5-4-7-15(16)17/h4-5,7-8,10-11,14,16,20H,6,9,12-13H2,1-3H3,(H2,24,30)(H,26,29)/t16-,20+,23+/m0/s1. The van der Waals surface area contributed by atoms with E-state index in [1.807, 2.05) is 45.0 Å². The van der Waals surface area contributed by atoms with Crippen molar-refractivity contribution < 1.29 is 19.1 Å². The molecule has 1 aromatic carbocycles. The molecule has 2 aliphatic heterocycles. The first kappa shape index (κ1) is 21.9. The zero-order chi connectivity index (χ0) is 23.0. The summed E-state index contributed by atoms with van der Waals surface area (Å²) in [6, 6.07) is 9.32. The summed E-state index contributed by atoms with van der Waals surface area (Å²) in [6.45, 7) is 6.10. The second-order valence-electron chi connectivity index (χ2n) is 8.90. The third-order valence-electron chi connectivity index (χ3n) is 6.27. The Morgan fingerprint density at radius 2 is 2.06 bits per heavy atom. The molecule has 3 amide bonds. The van der Waals surface area contributed by atoms with E-state index in [4.69, 9.17) is 10.5 Å². The highest BCUT2D eigenvalue weighted by Crippen LogP contribution is 2.50. The molecule has 2 aliphatic rings. The number of aromatic nitrogens is 2. The number of nitrogens with one attached hydrogen (secondary N) is 1. The summed E-state index contributed by atoms with van der Waals surface area (Å²) in [5.41, 5.74) is 5.59. The van der Waals surface area contributed by atoms with Crippen molar-refractivity contribution in [2.75, 3.05) is 11.9 Å². The van der Waals surface area contributed by atoms with E-state index in [0.717, 1.165) is 5.56 Å². The van der Waals surface area contributed by atoms with Crippen LogP contribution in [0.15, 0.2) is 36.5 Å². The monoisotopic (exact) mass is 439 g/mol. The first-order chi connectivity index (χ1) is 15.2. The largest absolute Gasteiger partial charge is 0.468 e. The molecule has 32 heavy (non-hydrogen) atoms. The Bertz CT molecular complexity index is 1050. The molecular weight excluding hydrogens is 410 g/mol. The summed E-state index contributed by atoms with van der Waals surface area (Å²) in [4.78, 5) is 39.6. The Hall–Kier alpha value is -3.36. The van der Waals surface area contributed by atoms with Gasteiger partial charge in [0.25, 0.3) is 0 Å². The second-order valence-corrected chi connectivity index (χ2v) is 8.90. The van der Waals surface area contributed by atoms with Crippen LogP contribution in [0.5, 0.6) is 5.75 Å². The number of hydrogen-bond acceptors (Lipinski definition) is 5. The Balaban J connectivity index is 1.46. The number of nitrogens with zero attached hydrogens (tertiary/aromatic N) is 3. The normalized spacial score (nSPS) is 24.1. The summed E-state index contributed by atoms with van der Waals surface area (Å²) < 4.78 is 7.96. The molecule has 0 aliphatic carbocycles. The minimum atomic E-state index is -0.942. The first-order valence-corrected chi connectivity index (χ1v) is 10.9. The van der Waals surface area contributed by atoms with E-state index >= 15 is 0 Å². The van der Waals surface area contributed by atoms with Crippen molar-refractivity contribution in [3.63, 3.8) is 0 Å². The van der Waals surface area contributed by atoms with E-state index in [1.165, 1.54) is 0 Å². The molecule has 170 valence electrons. The van der Waals surface area contributed by atoms with Crippen LogP contribution in [-0.2, 0) is 14.4 Å². The molecule has 3 atom stereocenters. The Morgan fingerprint density at radius 1 is 1.31 bits per heavy atom. The molecule has 0 saturated carbocycles. The molecule has 0 spiro atoms. The van der Waals surface area contributed by atoms with Crippen LogP contribution in [0.4, 0.5) is 5.82 Å². The van der Waals surface area contributed by atoms with Gasteiger partial charge in [0.15, 0.2) is 5.72 Å². The van der Waals surface area contributed by atoms with Crippen LogP contribution in [-0.4, -0.2) is 44.7 Å². The van der Waals surface area contributed by atoms with Gasteiger partial charge in [-0.05, 0) is 38.8 Å². The summed E-state index contributed by atoms with van der Waals surface area (Å²) in [7, 11) is 0. The molecular formula is C23H29N5O4. The van der Waals surface area contributed by atoms with Gasteiger partial charge < -0.3 is 20.7 Å². The third-order valence-corrected chi connectivity index (χ3v) is 6.27. The fourth-order valence-corrected chi connectivity index (χ4v) is 4.81. The van der Waals surface area contributed by atoms with Gasteiger partial charge in [0.1, 0.15) is 17.5 Å². The smallest absolute Gasteiger partial charge is 0.238 e. The number of carbonyl (C=O) groups excluding carboxylic acids is 3. The number of primary amides is 1. The number of carbonyl (C=O) groups is 3. The maximum Gasteiger partial charge on any atom is 0.238 e. The number of amides is 3. The number of piperidine rings is 1. The summed E-state index contributed by atoms with van der Waals surface area (Å²) in [5, 5.41) is 7.07. The van der Waals surface area contributed by atoms with Gasteiger partial charge >= 0.3 is 0 Å². The van der Waals surface area contributed by atoms with Gasteiger partial charge in [-0.2, -0.15) is 5.10 Å². The van der Waals surface area contributed by atoms with E-state index in [2.05, 4.69) is 10.4 Å². The van der Waals surface area contributed by atoms with Crippen molar-refractivity contribution in [3.8, 4) is 5.75 Å². The zero-order valence-electron chi connectivity index (χ0n) is 18.6. The minimum absolute atomic E-state index is 0.122. The molecule has 3 heterocycles. The highest BCUT2D eigenvalue weighted by Gasteiger charge is 2.55. The predicted octanol–water partition coefficient (Wildman–Crippen LogP) is 2.41. The lowest BCUT2D eigenvalue weighted by atomic mass is 9.73. The van der Waals surface area contributed by atoms with Gasteiger partial charge in [0.05, 0.1) is 6.20 Å². The number of hydrogen-bond donors (Lipinski definition) is 2. The van der Waals surface area contributed by atoms with Crippen LogP contribution < -0.4 is 15.8 Å². The summed E-state index contributed by atoms with van der Waals surface area (Å²) >= 11 is 0. The Labute approximate surface area is 186 Å². The van der Waals surface area contributed by atoms with Gasteiger partial charge in [-0.25, -0.2) is 4.68 Å². The number of fused-ring (bicyclic) bond motifs is 4. The van der Waals surface area contributed by atoms with Crippen molar-refractivity contribution in [1.29, 1.82) is 0 Å². The van der Waals surface area contributed by atoms with E-state index in [1.54, 1.807) is 21.8 Å². The summed E-state index contributed by atoms with van der Waals surface area (Å²) in [5.74, 6) is -1.11. The van der Waals surface area contributed by atoms with Gasteiger partial charge in [-0.3, -0.25) is 14.4 Å². The number of rotatable bonds is 7. The highest BCUT2D eigenvalue weighted by atomic mass is 16.5. The first-order valence-electron chi connectivity index (χ1n) is 10.9. The van der Waals surface area contributed by atoms with E-state index < -0.39 is 17.6 Å². The minimum Gasteiger partial charge on any atom is -0.468 e. The van der Waals surface area contributed by atoms with Crippen LogP contribution in [0.2, 0.25) is 0 Å². The van der Waals surface area contributed by atoms with Crippen LogP contribution in [0.3, 0.4) is 0 Å². The fourth-order valence-electron chi connectivity index (χ4n) is 4.81. The number of anilines is 1. The third kappa shape index (κ3) is 3.83. The Kier molecular flexibility index (Phi) is 5.66. The van der Waals surface area contributed by atoms with Crippen LogP contribution in [0, 0.1) is 5.92 Å². The lowest BCUT2D eigenvalue weighted by Gasteiger charge is -2.52. The van der Waals surface area contributed by atoms with Gasteiger partial charge in [0, 0.05) is 37.4 Å². The lowest BCUT2D eigenvalue weighted by molar-refractivity contribution is -0.175. The molecule has 3 N–H and O–H groups in total. The van der Waals surface area contributed by atoms with Crippen molar-refractivity contribution in [2.24, 2.45) is 11.7 Å². The van der Waals surface area contributed by atoms with Crippen molar-refractivity contribution in [3.05, 3.63) is 42.1 Å². The van der Waals surface area contributed by atoms with E-state index in [0.29, 0.717) is 24.4 Å². The molecule has 9 nitrogen and oxygen atoms in total. The molecule has 9 heteroatoms. The quantitative estimate of drug-likeness (QED) is 0.642. The van der Waals surface area contributed by atoms with Crippen molar-refractivity contribution >= 4 is 23.5 Å². The zero-order valence-corrected chi connectivity index (χ0v) is 18.6. The molecule has 1 saturated heterocycles. The predicted molar refractivity (Wildman–Crippen MR) is 118 cm³/mol. The number of benzene rings is 1. The second kappa shape index (κ2) is 8.29. The van der Waals surface area contributed by atoms with E-state index in [9.17, 15) is 14.4 Å². The Morgan fingerprint density at radius 3 is 2.78 bits per heavy atom. The highest BCUT2D eigenvalue weighted by molar-refractivity contribution is 6.02. The van der Waals surface area contributed by atoms with Gasteiger partial charge in [-0.1, -0.05) is 18.2 Å². The summed E-state index contributed by atoms with van der Waals surface area (Å²) in [6.07, 6.45) is 2.75. The average Bonchev–Trinajstić information content (AvgIpc) is 3.18. The van der Waals surface area contributed by atoms with Crippen LogP contribution >= 0.6 is 0 Å². The van der Waals surface area contributed by atoms with Crippen molar-refractivity contribution in [1.82, 2.24) is 14.7 Å². The van der Waals surface area contributed by atoms with E-state index in [-0.39, 0.29) is 36.7 Å². The SMILES string of the molecule is CC(C)n1nccc1NC(=O)CCCN1C(=O)[C@@H](C(N)=O)[C@H]2C[C@@]1(C)Oc1ccccc12. The van der Waals surface area contributed by atoms with Gasteiger partial charge in [0.2, 0.25) is 17.7 Å². The van der Waals surface area contributed by atoms with Crippen LogP contribution in [0.1, 0.15) is 57.6 Å². The molecule has 0 unspecified atom stereocenters. The van der Waals surface area contributed by atoms with Crippen LogP contribution in [0.25, 0.3) is 0 Å². The molecule has 2 aromatic rings. The topological polar surface area (TPSA) is 120 Å². The number of likely N-dealkylation sites (tertiary alicyclic amines) is 1. The molecule has 1 fully saturated rings. The molecule has 2 bridgehead atoms. The van der Waals surface area contributed by atoms with Gasteiger partial charge in [-0.15, -0.1) is 0 Å². The number of para-hydroxylation sites is 1. The average molecular weight is 440 g/mol. The van der Waals surface area contributed by atoms with Crippen molar-refractivity contribution in [2.45, 2.75) is 57.7 Å².